The van der Waals surface area contributed by atoms with Crippen LogP contribution in [-0.2, 0) is 11.3 Å². The second-order valence-corrected chi connectivity index (χ2v) is 5.42. The van der Waals surface area contributed by atoms with Crippen LogP contribution in [0.2, 0.25) is 0 Å². The molecule has 1 aromatic carbocycles. The summed E-state index contributed by atoms with van der Waals surface area (Å²) in [7, 11) is 0. The highest BCUT2D eigenvalue weighted by atomic mass is 16.2. The second kappa shape index (κ2) is 6.15. The van der Waals surface area contributed by atoms with Crippen LogP contribution < -0.4 is 5.43 Å². The number of aromatic nitrogens is 1. The van der Waals surface area contributed by atoms with Crippen LogP contribution in [0.25, 0.3) is 17.0 Å². The van der Waals surface area contributed by atoms with Crippen LogP contribution >= 0.6 is 0 Å². The molecule has 114 valence electrons. The minimum Gasteiger partial charge on any atom is -0.396 e. The molecule has 1 aliphatic heterocycles. The van der Waals surface area contributed by atoms with Gasteiger partial charge in [-0.2, -0.15) is 5.10 Å². The molecule has 1 aliphatic rings. The summed E-state index contributed by atoms with van der Waals surface area (Å²) in [5, 5.41) is 14.0. The highest BCUT2D eigenvalue weighted by Crippen LogP contribution is 2.25. The zero-order chi connectivity index (χ0) is 15.5. The molecule has 2 N–H and O–H groups in total. The largest absolute Gasteiger partial charge is 0.396 e. The Kier molecular flexibility index (Phi) is 4.06. The summed E-state index contributed by atoms with van der Waals surface area (Å²) in [6.45, 7) is 2.89. The lowest BCUT2D eigenvalue weighted by Gasteiger charge is -2.03. The van der Waals surface area contributed by atoms with Gasteiger partial charge in [0.2, 0.25) is 0 Å². The van der Waals surface area contributed by atoms with Crippen LogP contribution in [0.3, 0.4) is 0 Å². The molecule has 3 rings (SSSR count). The number of hydrogen-bond acceptors (Lipinski definition) is 3. The predicted molar refractivity (Wildman–Crippen MR) is 87.5 cm³/mol. The van der Waals surface area contributed by atoms with Gasteiger partial charge in [0, 0.05) is 35.8 Å². The van der Waals surface area contributed by atoms with Crippen molar-refractivity contribution in [3.05, 3.63) is 41.6 Å². The number of fused-ring (bicyclic) bond motifs is 1. The van der Waals surface area contributed by atoms with E-state index in [1.807, 2.05) is 25.1 Å². The first kappa shape index (κ1) is 14.5. The lowest BCUT2D eigenvalue weighted by Crippen LogP contribution is -2.12. The first-order valence-corrected chi connectivity index (χ1v) is 7.46. The van der Waals surface area contributed by atoms with E-state index in [4.69, 9.17) is 5.11 Å². The number of nitrogens with one attached hydrogen (secondary N) is 1. The highest BCUT2D eigenvalue weighted by Gasteiger charge is 2.19. The normalized spacial score (nSPS) is 16.4. The Balaban J connectivity index is 2.01. The molecular formula is C17H19N3O2. The maximum Gasteiger partial charge on any atom is 0.273 e. The molecule has 0 spiro atoms. The molecule has 0 saturated carbocycles. The molecular weight excluding hydrogens is 278 g/mol. The van der Waals surface area contributed by atoms with Gasteiger partial charge in [-0.25, -0.2) is 5.43 Å². The van der Waals surface area contributed by atoms with Gasteiger partial charge in [-0.15, -0.1) is 0 Å². The molecule has 1 amide bonds. The molecule has 0 bridgehead atoms. The minimum atomic E-state index is -0.158. The summed E-state index contributed by atoms with van der Waals surface area (Å²) in [6.07, 6.45) is 5.67. The second-order valence-electron chi connectivity index (χ2n) is 5.42. The third kappa shape index (κ3) is 2.67. The molecule has 0 aliphatic carbocycles. The molecule has 2 heterocycles. The lowest BCUT2D eigenvalue weighted by molar-refractivity contribution is -0.116. The van der Waals surface area contributed by atoms with Crippen molar-refractivity contribution < 1.29 is 9.90 Å². The van der Waals surface area contributed by atoms with Crippen molar-refractivity contribution >= 4 is 28.6 Å². The van der Waals surface area contributed by atoms with Crippen molar-refractivity contribution in [1.82, 2.24) is 9.99 Å². The van der Waals surface area contributed by atoms with Gasteiger partial charge < -0.3 is 9.67 Å². The Labute approximate surface area is 128 Å². The van der Waals surface area contributed by atoms with Crippen molar-refractivity contribution in [1.29, 1.82) is 0 Å². The predicted octanol–water partition coefficient (Wildman–Crippen LogP) is 2.30. The van der Waals surface area contributed by atoms with E-state index in [2.05, 4.69) is 33.4 Å². The molecule has 0 atom stereocenters. The fraction of sp³-hybridized carbons (Fsp3) is 0.294. The number of benzene rings is 1. The van der Waals surface area contributed by atoms with Crippen LogP contribution in [0.1, 0.15) is 25.3 Å². The van der Waals surface area contributed by atoms with Gasteiger partial charge in [0.1, 0.15) is 0 Å². The van der Waals surface area contributed by atoms with Crippen molar-refractivity contribution in [2.75, 3.05) is 6.61 Å². The van der Waals surface area contributed by atoms with Crippen LogP contribution in [-0.4, -0.2) is 27.9 Å². The number of aliphatic hydroxyl groups is 1. The Morgan fingerprint density at radius 2 is 2.14 bits per heavy atom. The van der Waals surface area contributed by atoms with E-state index in [1.54, 1.807) is 0 Å². The summed E-state index contributed by atoms with van der Waals surface area (Å²) in [6, 6.07) is 8.14. The van der Waals surface area contributed by atoms with Gasteiger partial charge in [0.25, 0.3) is 5.91 Å². The highest BCUT2D eigenvalue weighted by molar-refractivity contribution is 6.27. The van der Waals surface area contributed by atoms with Crippen molar-refractivity contribution in [3.8, 4) is 0 Å². The number of carbonyl (C=O) groups is 1. The Hall–Kier alpha value is -2.40. The van der Waals surface area contributed by atoms with E-state index < -0.39 is 0 Å². The SMILES string of the molecule is CC1=NNC(=O)/C1=C/c1cn(CCCCO)c2ccccc12. The third-order valence-corrected chi connectivity index (χ3v) is 3.89. The molecule has 0 fully saturated rings. The molecule has 0 unspecified atom stereocenters. The number of carbonyl (C=O) groups excluding carboxylic acids is 1. The maximum atomic E-state index is 11.8. The summed E-state index contributed by atoms with van der Waals surface area (Å²) < 4.78 is 2.18. The molecule has 0 radical (unpaired) electrons. The molecule has 2 aromatic rings. The van der Waals surface area contributed by atoms with E-state index in [1.165, 1.54) is 0 Å². The summed E-state index contributed by atoms with van der Waals surface area (Å²) in [5.74, 6) is -0.158. The van der Waals surface area contributed by atoms with Crippen molar-refractivity contribution in [3.63, 3.8) is 0 Å². The maximum absolute atomic E-state index is 11.8. The number of para-hydroxylation sites is 1. The molecule has 0 saturated heterocycles. The number of unbranched alkanes of at least 4 members (excludes halogenated alkanes) is 1. The lowest BCUT2D eigenvalue weighted by atomic mass is 10.1. The molecule has 5 heteroatoms. The smallest absolute Gasteiger partial charge is 0.273 e. The number of amides is 1. The van der Waals surface area contributed by atoms with Gasteiger partial charge in [0.05, 0.1) is 11.3 Å². The van der Waals surface area contributed by atoms with E-state index in [9.17, 15) is 4.79 Å². The standard InChI is InChI=1S/C17H19N3O2/c1-12-15(17(22)19-18-12)10-13-11-20(8-4-5-9-21)16-7-3-2-6-14(13)16/h2-3,6-7,10-11,21H,4-5,8-9H2,1H3,(H,19,22)/b15-10+. The van der Waals surface area contributed by atoms with Crippen molar-refractivity contribution in [2.45, 2.75) is 26.3 Å². The molecule has 1 aromatic heterocycles. The van der Waals surface area contributed by atoms with E-state index in [-0.39, 0.29) is 12.5 Å². The number of aryl methyl sites for hydroxylation is 1. The molecule has 5 nitrogen and oxygen atoms in total. The summed E-state index contributed by atoms with van der Waals surface area (Å²) >= 11 is 0. The zero-order valence-corrected chi connectivity index (χ0v) is 12.5. The number of nitrogens with zero attached hydrogens (tertiary/aromatic N) is 2. The third-order valence-electron chi connectivity index (χ3n) is 3.89. The first-order valence-electron chi connectivity index (χ1n) is 7.46. The van der Waals surface area contributed by atoms with Crippen LogP contribution in [0.4, 0.5) is 0 Å². The van der Waals surface area contributed by atoms with E-state index in [0.29, 0.717) is 11.3 Å². The number of aliphatic hydroxyl groups excluding tert-OH is 1. The van der Waals surface area contributed by atoms with Gasteiger partial charge in [-0.1, -0.05) is 18.2 Å². The number of rotatable bonds is 5. The summed E-state index contributed by atoms with van der Waals surface area (Å²) in [4.78, 5) is 11.8. The average molecular weight is 297 g/mol. The Morgan fingerprint density at radius 1 is 1.32 bits per heavy atom. The molecule has 22 heavy (non-hydrogen) atoms. The van der Waals surface area contributed by atoms with Crippen molar-refractivity contribution in [2.24, 2.45) is 5.10 Å². The Morgan fingerprint density at radius 3 is 2.86 bits per heavy atom. The zero-order valence-electron chi connectivity index (χ0n) is 12.5. The van der Waals surface area contributed by atoms with Gasteiger partial charge in [0.15, 0.2) is 0 Å². The first-order chi connectivity index (χ1) is 10.7. The van der Waals surface area contributed by atoms with Crippen LogP contribution in [0.15, 0.2) is 41.1 Å². The Bertz CT molecular complexity index is 771. The quantitative estimate of drug-likeness (QED) is 0.657. The minimum absolute atomic E-state index is 0.158. The van der Waals surface area contributed by atoms with Gasteiger partial charge in [-0.3, -0.25) is 4.79 Å². The fourth-order valence-electron chi connectivity index (χ4n) is 2.71. The topological polar surface area (TPSA) is 66.6 Å². The van der Waals surface area contributed by atoms with Crippen LogP contribution in [0.5, 0.6) is 0 Å². The van der Waals surface area contributed by atoms with Gasteiger partial charge in [-0.05, 0) is 31.9 Å². The van der Waals surface area contributed by atoms with Gasteiger partial charge >= 0.3 is 0 Å². The van der Waals surface area contributed by atoms with Crippen LogP contribution in [0, 0.1) is 0 Å². The number of hydrazone groups is 1. The summed E-state index contributed by atoms with van der Waals surface area (Å²) in [5.41, 5.74) is 5.96. The van der Waals surface area contributed by atoms with E-state index in [0.717, 1.165) is 35.9 Å². The van der Waals surface area contributed by atoms with E-state index >= 15 is 0 Å². The average Bonchev–Trinajstić information content (AvgIpc) is 3.03. The fourth-order valence-corrected chi connectivity index (χ4v) is 2.71. The number of hydrogen-bond donors (Lipinski definition) is 2. The monoisotopic (exact) mass is 297 g/mol.